The molecule has 0 fully saturated rings. The van der Waals surface area contributed by atoms with Crippen molar-refractivity contribution in [2.24, 2.45) is 0 Å². The van der Waals surface area contributed by atoms with Crippen LogP contribution in [0.5, 0.6) is 0 Å². The zero-order valence-electron chi connectivity index (χ0n) is 14.6. The van der Waals surface area contributed by atoms with Gasteiger partial charge in [0.15, 0.2) is 5.13 Å². The monoisotopic (exact) mass is 387 g/mol. The Morgan fingerprint density at radius 3 is 2.81 bits per heavy atom. The number of carbonyl (C=O) groups excluding carboxylic acids is 2. The molecule has 0 spiro atoms. The summed E-state index contributed by atoms with van der Waals surface area (Å²) in [6.45, 7) is 1.89. The number of carbonyl (C=O) groups is 2. The van der Waals surface area contributed by atoms with Crippen molar-refractivity contribution in [2.45, 2.75) is 25.8 Å². The number of nitrogens with zero attached hydrogens (tertiary/aromatic N) is 1. The first kappa shape index (κ1) is 18.8. The van der Waals surface area contributed by atoms with Crippen LogP contribution in [-0.4, -0.2) is 22.8 Å². The van der Waals surface area contributed by atoms with E-state index in [2.05, 4.69) is 15.6 Å². The fourth-order valence-electron chi connectivity index (χ4n) is 2.53. The predicted molar refractivity (Wildman–Crippen MR) is 100 cm³/mol. The first-order valence-electron chi connectivity index (χ1n) is 8.33. The minimum atomic E-state index is -0.600. The Morgan fingerprint density at radius 1 is 1.26 bits per heavy atom. The van der Waals surface area contributed by atoms with Gasteiger partial charge in [-0.25, -0.2) is 9.37 Å². The van der Waals surface area contributed by atoms with Crippen LogP contribution in [0.2, 0.25) is 0 Å². The Balaban J connectivity index is 1.52. The van der Waals surface area contributed by atoms with E-state index >= 15 is 0 Å². The van der Waals surface area contributed by atoms with Crippen LogP contribution in [0.1, 0.15) is 28.7 Å². The number of halogens is 1. The summed E-state index contributed by atoms with van der Waals surface area (Å²) in [4.78, 5) is 28.4. The Morgan fingerprint density at radius 2 is 2.07 bits per heavy atom. The smallest absolute Gasteiger partial charge is 0.260 e. The van der Waals surface area contributed by atoms with Crippen molar-refractivity contribution in [2.75, 3.05) is 5.32 Å². The molecule has 2 heterocycles. The molecule has 2 amide bonds. The van der Waals surface area contributed by atoms with E-state index in [9.17, 15) is 14.0 Å². The molecule has 140 valence electrons. The van der Waals surface area contributed by atoms with E-state index in [0.29, 0.717) is 17.2 Å². The van der Waals surface area contributed by atoms with Crippen LogP contribution in [0, 0.1) is 5.82 Å². The lowest BCUT2D eigenvalue weighted by Crippen LogP contribution is -2.35. The molecule has 8 heteroatoms. The molecule has 0 radical (unpaired) electrons. The Bertz CT molecular complexity index is 924. The molecule has 0 saturated carbocycles. The van der Waals surface area contributed by atoms with Crippen LogP contribution in [0.15, 0.2) is 52.5 Å². The number of aromatic nitrogens is 1. The summed E-state index contributed by atoms with van der Waals surface area (Å²) in [5.41, 5.74) is 0.477. The molecule has 6 nitrogen and oxygen atoms in total. The zero-order valence-corrected chi connectivity index (χ0v) is 15.4. The molecule has 27 heavy (non-hydrogen) atoms. The van der Waals surface area contributed by atoms with Crippen molar-refractivity contribution in [1.82, 2.24) is 10.3 Å². The molecule has 1 aromatic carbocycles. The van der Waals surface area contributed by atoms with Crippen LogP contribution in [0.3, 0.4) is 0 Å². The van der Waals surface area contributed by atoms with Gasteiger partial charge >= 0.3 is 0 Å². The Hall–Kier alpha value is -3.00. The summed E-state index contributed by atoms with van der Waals surface area (Å²) in [5.74, 6) is -0.553. The maximum atomic E-state index is 13.6. The molecule has 0 saturated heterocycles. The third-order valence-corrected chi connectivity index (χ3v) is 4.53. The van der Waals surface area contributed by atoms with E-state index in [4.69, 9.17) is 4.42 Å². The number of furan rings is 1. The van der Waals surface area contributed by atoms with E-state index in [-0.39, 0.29) is 23.9 Å². The number of rotatable bonds is 7. The number of hydrogen-bond donors (Lipinski definition) is 2. The van der Waals surface area contributed by atoms with Crippen molar-refractivity contribution in [3.63, 3.8) is 0 Å². The predicted octanol–water partition coefficient (Wildman–Crippen LogP) is 3.42. The molecule has 2 aromatic heterocycles. The van der Waals surface area contributed by atoms with E-state index < -0.39 is 11.7 Å². The maximum Gasteiger partial charge on any atom is 0.260 e. The molecule has 0 bridgehead atoms. The maximum absolute atomic E-state index is 13.6. The van der Waals surface area contributed by atoms with E-state index in [1.807, 2.05) is 13.0 Å². The minimum absolute atomic E-state index is 0.0567. The third kappa shape index (κ3) is 5.24. The van der Waals surface area contributed by atoms with Crippen molar-refractivity contribution in [3.05, 3.63) is 70.9 Å². The van der Waals surface area contributed by atoms with Crippen LogP contribution in [-0.2, 0) is 17.6 Å². The van der Waals surface area contributed by atoms with Crippen LogP contribution >= 0.6 is 11.3 Å². The summed E-state index contributed by atoms with van der Waals surface area (Å²) < 4.78 is 18.9. The average Bonchev–Trinajstić information content (AvgIpc) is 3.27. The second kappa shape index (κ2) is 8.59. The number of nitrogens with one attached hydrogen (secondary N) is 2. The highest BCUT2D eigenvalue weighted by Crippen LogP contribution is 2.18. The summed E-state index contributed by atoms with van der Waals surface area (Å²) in [6, 6.07) is 9.29. The first-order chi connectivity index (χ1) is 13.0. The van der Waals surface area contributed by atoms with Gasteiger partial charge in [-0.05, 0) is 31.2 Å². The van der Waals surface area contributed by atoms with Gasteiger partial charge in [-0.2, -0.15) is 0 Å². The SMILES string of the molecule is CC(Cc1ccco1)NC(=O)Cc1csc(NC(=O)c2ccccc2F)n1. The topological polar surface area (TPSA) is 84.2 Å². The second-order valence-electron chi connectivity index (χ2n) is 6.01. The Labute approximate surface area is 159 Å². The van der Waals surface area contributed by atoms with Crippen LogP contribution in [0.4, 0.5) is 9.52 Å². The molecule has 0 aliphatic carbocycles. The fraction of sp³-hybridized carbons (Fsp3) is 0.211. The van der Waals surface area contributed by atoms with Gasteiger partial charge in [0.05, 0.1) is 23.9 Å². The van der Waals surface area contributed by atoms with E-state index in [1.165, 1.54) is 29.5 Å². The molecule has 1 atom stereocenters. The fourth-order valence-corrected chi connectivity index (χ4v) is 3.23. The highest BCUT2D eigenvalue weighted by molar-refractivity contribution is 7.14. The van der Waals surface area contributed by atoms with Gasteiger partial charge in [-0.15, -0.1) is 11.3 Å². The Kier molecular flexibility index (Phi) is 5.97. The molecule has 0 aliphatic heterocycles. The van der Waals surface area contributed by atoms with Crippen molar-refractivity contribution >= 4 is 28.3 Å². The minimum Gasteiger partial charge on any atom is -0.469 e. The van der Waals surface area contributed by atoms with Gasteiger partial charge in [0.2, 0.25) is 5.91 Å². The molecule has 1 unspecified atom stereocenters. The van der Waals surface area contributed by atoms with Crippen molar-refractivity contribution in [3.8, 4) is 0 Å². The number of thiazole rings is 1. The average molecular weight is 387 g/mol. The van der Waals surface area contributed by atoms with E-state index in [0.717, 1.165) is 5.76 Å². The van der Waals surface area contributed by atoms with Gasteiger partial charge in [0.1, 0.15) is 11.6 Å². The van der Waals surface area contributed by atoms with Crippen molar-refractivity contribution in [1.29, 1.82) is 0 Å². The van der Waals surface area contributed by atoms with Gasteiger partial charge in [-0.1, -0.05) is 12.1 Å². The first-order valence-corrected chi connectivity index (χ1v) is 9.21. The molecule has 3 aromatic rings. The highest BCUT2D eigenvalue weighted by Gasteiger charge is 2.15. The second-order valence-corrected chi connectivity index (χ2v) is 6.86. The summed E-state index contributed by atoms with van der Waals surface area (Å²) in [5, 5.41) is 7.43. The molecule has 0 aliphatic rings. The van der Waals surface area contributed by atoms with Crippen LogP contribution < -0.4 is 10.6 Å². The lowest BCUT2D eigenvalue weighted by molar-refractivity contribution is -0.121. The third-order valence-electron chi connectivity index (χ3n) is 3.73. The molecule has 2 N–H and O–H groups in total. The van der Waals surface area contributed by atoms with Crippen LogP contribution in [0.25, 0.3) is 0 Å². The summed E-state index contributed by atoms with van der Waals surface area (Å²) >= 11 is 1.18. The standard InChI is InChI=1S/C19H18FN3O3S/c1-12(9-14-5-4-8-26-14)21-17(24)10-13-11-27-19(22-13)23-18(25)15-6-2-3-7-16(15)20/h2-8,11-12H,9-10H2,1H3,(H,21,24)(H,22,23,25). The van der Waals surface area contributed by atoms with E-state index in [1.54, 1.807) is 23.8 Å². The number of anilines is 1. The highest BCUT2D eigenvalue weighted by atomic mass is 32.1. The number of amides is 2. The van der Waals surface area contributed by atoms with Gasteiger partial charge in [0.25, 0.3) is 5.91 Å². The zero-order chi connectivity index (χ0) is 19.2. The van der Waals surface area contributed by atoms with Gasteiger partial charge in [0, 0.05) is 17.8 Å². The number of benzene rings is 1. The largest absolute Gasteiger partial charge is 0.469 e. The van der Waals surface area contributed by atoms with Gasteiger partial charge in [-0.3, -0.25) is 14.9 Å². The quantitative estimate of drug-likeness (QED) is 0.651. The normalized spacial score (nSPS) is 11.8. The van der Waals surface area contributed by atoms with Crippen molar-refractivity contribution < 1.29 is 18.4 Å². The number of hydrogen-bond acceptors (Lipinski definition) is 5. The molecular formula is C19H18FN3O3S. The molecule has 3 rings (SSSR count). The molecular weight excluding hydrogens is 369 g/mol. The lowest BCUT2D eigenvalue weighted by Gasteiger charge is -2.11. The van der Waals surface area contributed by atoms with Gasteiger partial charge < -0.3 is 9.73 Å². The lowest BCUT2D eigenvalue weighted by atomic mass is 10.2. The summed E-state index contributed by atoms with van der Waals surface area (Å²) in [7, 11) is 0. The summed E-state index contributed by atoms with van der Waals surface area (Å²) in [6.07, 6.45) is 2.28.